The van der Waals surface area contributed by atoms with Crippen LogP contribution in [-0.4, -0.2) is 24.2 Å². The molecule has 116 valence electrons. The average Bonchev–Trinajstić information content (AvgIpc) is 2.91. The molecule has 0 aromatic heterocycles. The third kappa shape index (κ3) is 3.85. The van der Waals surface area contributed by atoms with E-state index in [9.17, 15) is 9.90 Å². The van der Waals surface area contributed by atoms with Crippen LogP contribution in [0.15, 0.2) is 24.3 Å². The molecule has 2 unspecified atom stereocenters. The third-order valence-electron chi connectivity index (χ3n) is 4.56. The molecule has 0 saturated heterocycles. The molecule has 2 atom stereocenters. The van der Waals surface area contributed by atoms with Crippen molar-refractivity contribution in [3.8, 4) is 0 Å². The molecule has 21 heavy (non-hydrogen) atoms. The van der Waals surface area contributed by atoms with Gasteiger partial charge >= 0.3 is 0 Å². The van der Waals surface area contributed by atoms with Crippen LogP contribution in [0.2, 0.25) is 0 Å². The summed E-state index contributed by atoms with van der Waals surface area (Å²) in [7, 11) is 0. The highest BCUT2D eigenvalue weighted by Crippen LogP contribution is 2.31. The van der Waals surface area contributed by atoms with Gasteiger partial charge in [0, 0.05) is 18.7 Å². The molecule has 1 aromatic rings. The zero-order chi connectivity index (χ0) is 15.5. The van der Waals surface area contributed by atoms with E-state index in [0.717, 1.165) is 30.4 Å². The molecule has 0 radical (unpaired) electrons. The standard InChI is InChI=1S/C18H27NO2/c1-18(2,3)16-10-5-4-9-15(16)17(21)19-11-13-7-6-8-14(13)12-20/h4-5,9-10,13-14,20H,6-8,11-12H2,1-3H3,(H,19,21). The second-order valence-corrected chi connectivity index (χ2v) is 7.14. The Hall–Kier alpha value is -1.35. The van der Waals surface area contributed by atoms with Crippen LogP contribution < -0.4 is 5.32 Å². The Balaban J connectivity index is 2.04. The molecule has 1 aromatic carbocycles. The fraction of sp³-hybridized carbons (Fsp3) is 0.611. The van der Waals surface area contributed by atoms with Crippen molar-refractivity contribution in [2.24, 2.45) is 11.8 Å². The number of aliphatic hydroxyl groups excluding tert-OH is 1. The summed E-state index contributed by atoms with van der Waals surface area (Å²) in [6.45, 7) is 7.27. The van der Waals surface area contributed by atoms with Crippen LogP contribution >= 0.6 is 0 Å². The molecule has 1 fully saturated rings. The maximum Gasteiger partial charge on any atom is 0.251 e. The van der Waals surface area contributed by atoms with Gasteiger partial charge in [-0.25, -0.2) is 0 Å². The molecule has 1 aliphatic rings. The lowest BCUT2D eigenvalue weighted by Gasteiger charge is -2.23. The smallest absolute Gasteiger partial charge is 0.251 e. The zero-order valence-electron chi connectivity index (χ0n) is 13.4. The molecule has 2 N–H and O–H groups in total. The summed E-state index contributed by atoms with van der Waals surface area (Å²) >= 11 is 0. The highest BCUT2D eigenvalue weighted by atomic mass is 16.3. The average molecular weight is 289 g/mol. The van der Waals surface area contributed by atoms with E-state index in [0.29, 0.717) is 18.4 Å². The van der Waals surface area contributed by atoms with Crippen LogP contribution in [0.25, 0.3) is 0 Å². The molecule has 0 aliphatic heterocycles. The van der Waals surface area contributed by atoms with E-state index in [1.54, 1.807) is 0 Å². The van der Waals surface area contributed by atoms with Crippen molar-refractivity contribution in [1.29, 1.82) is 0 Å². The summed E-state index contributed by atoms with van der Waals surface area (Å²) in [4.78, 5) is 12.5. The molecule has 0 bridgehead atoms. The van der Waals surface area contributed by atoms with E-state index in [4.69, 9.17) is 0 Å². The van der Waals surface area contributed by atoms with Gasteiger partial charge in [0.15, 0.2) is 0 Å². The topological polar surface area (TPSA) is 49.3 Å². The molecule has 0 spiro atoms. The second-order valence-electron chi connectivity index (χ2n) is 7.14. The number of amides is 1. The lowest BCUT2D eigenvalue weighted by Crippen LogP contribution is -2.33. The minimum Gasteiger partial charge on any atom is -0.396 e. The lowest BCUT2D eigenvalue weighted by atomic mass is 9.83. The Morgan fingerprint density at radius 2 is 1.90 bits per heavy atom. The fourth-order valence-electron chi connectivity index (χ4n) is 3.28. The van der Waals surface area contributed by atoms with Gasteiger partial charge in [-0.1, -0.05) is 45.4 Å². The predicted octanol–water partition coefficient (Wildman–Crippen LogP) is 3.12. The first-order valence-corrected chi connectivity index (χ1v) is 7.92. The fourth-order valence-corrected chi connectivity index (χ4v) is 3.28. The SMILES string of the molecule is CC(C)(C)c1ccccc1C(=O)NCC1CCCC1CO. The molecule has 1 aliphatic carbocycles. The van der Waals surface area contributed by atoms with Crippen molar-refractivity contribution in [3.05, 3.63) is 35.4 Å². The number of carbonyl (C=O) groups excluding carboxylic acids is 1. The minimum absolute atomic E-state index is 0.00381. The summed E-state index contributed by atoms with van der Waals surface area (Å²) in [6, 6.07) is 7.82. The van der Waals surface area contributed by atoms with Crippen molar-refractivity contribution >= 4 is 5.91 Å². The molecule has 2 rings (SSSR count). The van der Waals surface area contributed by atoms with Crippen LogP contribution in [0.1, 0.15) is 56.0 Å². The Morgan fingerprint density at radius 3 is 2.57 bits per heavy atom. The van der Waals surface area contributed by atoms with Gasteiger partial charge in [0.05, 0.1) is 0 Å². The highest BCUT2D eigenvalue weighted by molar-refractivity contribution is 5.96. The van der Waals surface area contributed by atoms with Crippen molar-refractivity contribution < 1.29 is 9.90 Å². The van der Waals surface area contributed by atoms with Crippen molar-refractivity contribution in [2.75, 3.05) is 13.2 Å². The van der Waals surface area contributed by atoms with Crippen molar-refractivity contribution in [2.45, 2.75) is 45.4 Å². The van der Waals surface area contributed by atoms with Crippen LogP contribution in [0.4, 0.5) is 0 Å². The van der Waals surface area contributed by atoms with Gasteiger partial charge in [-0.3, -0.25) is 4.79 Å². The van der Waals surface area contributed by atoms with E-state index < -0.39 is 0 Å². The van der Waals surface area contributed by atoms with Crippen LogP contribution in [-0.2, 0) is 5.41 Å². The van der Waals surface area contributed by atoms with Crippen LogP contribution in [0.5, 0.6) is 0 Å². The van der Waals surface area contributed by atoms with Gasteiger partial charge in [0.2, 0.25) is 0 Å². The van der Waals surface area contributed by atoms with Crippen LogP contribution in [0.3, 0.4) is 0 Å². The number of aliphatic hydroxyl groups is 1. The van der Waals surface area contributed by atoms with Gasteiger partial charge in [-0.15, -0.1) is 0 Å². The number of rotatable bonds is 4. The number of carbonyl (C=O) groups is 1. The number of benzene rings is 1. The Morgan fingerprint density at radius 1 is 1.24 bits per heavy atom. The second kappa shape index (κ2) is 6.61. The first-order valence-electron chi connectivity index (χ1n) is 7.92. The first-order chi connectivity index (χ1) is 9.93. The normalized spacial score (nSPS) is 22.3. The monoisotopic (exact) mass is 289 g/mol. The van der Waals surface area contributed by atoms with E-state index in [1.165, 1.54) is 0 Å². The van der Waals surface area contributed by atoms with Crippen molar-refractivity contribution in [3.63, 3.8) is 0 Å². The quantitative estimate of drug-likeness (QED) is 0.894. The number of hydrogen-bond donors (Lipinski definition) is 2. The van der Waals surface area contributed by atoms with Gasteiger partial charge in [0.25, 0.3) is 5.91 Å². The van der Waals surface area contributed by atoms with Gasteiger partial charge in [-0.2, -0.15) is 0 Å². The summed E-state index contributed by atoms with van der Waals surface area (Å²) in [5, 5.41) is 12.4. The Kier molecular flexibility index (Phi) is 5.04. The Bertz CT molecular complexity index is 490. The number of nitrogens with one attached hydrogen (secondary N) is 1. The zero-order valence-corrected chi connectivity index (χ0v) is 13.4. The minimum atomic E-state index is -0.0467. The molecule has 3 heteroatoms. The van der Waals surface area contributed by atoms with Gasteiger partial charge < -0.3 is 10.4 Å². The van der Waals surface area contributed by atoms with Gasteiger partial charge in [0.1, 0.15) is 0 Å². The van der Waals surface area contributed by atoms with Crippen molar-refractivity contribution in [1.82, 2.24) is 5.32 Å². The van der Waals surface area contributed by atoms with Crippen LogP contribution in [0, 0.1) is 11.8 Å². The van der Waals surface area contributed by atoms with E-state index in [2.05, 4.69) is 26.1 Å². The molecular weight excluding hydrogens is 262 g/mol. The third-order valence-corrected chi connectivity index (χ3v) is 4.56. The highest BCUT2D eigenvalue weighted by Gasteiger charge is 2.27. The summed E-state index contributed by atoms with van der Waals surface area (Å²) < 4.78 is 0. The molecular formula is C18H27NO2. The predicted molar refractivity (Wildman–Crippen MR) is 85.4 cm³/mol. The maximum atomic E-state index is 12.5. The summed E-state index contributed by atoms with van der Waals surface area (Å²) in [5.74, 6) is 0.771. The van der Waals surface area contributed by atoms with E-state index >= 15 is 0 Å². The largest absolute Gasteiger partial charge is 0.396 e. The van der Waals surface area contributed by atoms with E-state index in [-0.39, 0.29) is 17.9 Å². The molecule has 1 amide bonds. The molecule has 1 saturated carbocycles. The summed E-state index contributed by atoms with van der Waals surface area (Å²) in [6.07, 6.45) is 3.34. The number of hydrogen-bond acceptors (Lipinski definition) is 2. The molecule has 0 heterocycles. The first kappa shape index (κ1) is 16.0. The lowest BCUT2D eigenvalue weighted by molar-refractivity contribution is 0.0935. The summed E-state index contributed by atoms with van der Waals surface area (Å²) in [5.41, 5.74) is 1.80. The Labute approximate surface area is 127 Å². The van der Waals surface area contributed by atoms with Gasteiger partial charge in [-0.05, 0) is 41.7 Å². The molecule has 3 nitrogen and oxygen atoms in total. The maximum absolute atomic E-state index is 12.5. The van der Waals surface area contributed by atoms with E-state index in [1.807, 2.05) is 24.3 Å².